The third kappa shape index (κ3) is 4.88. The third-order valence-corrected chi connectivity index (χ3v) is 3.52. The van der Waals surface area contributed by atoms with Crippen molar-refractivity contribution in [3.8, 4) is 5.75 Å². The van der Waals surface area contributed by atoms with Gasteiger partial charge in [0.2, 0.25) is 5.91 Å². The fourth-order valence-electron chi connectivity index (χ4n) is 2.28. The molecule has 2 N–H and O–H groups in total. The molecular formula is C15H21ClN2O3. The van der Waals surface area contributed by atoms with Crippen molar-refractivity contribution in [2.45, 2.75) is 19.4 Å². The summed E-state index contributed by atoms with van der Waals surface area (Å²) in [5, 5.41) is 6.76. The third-order valence-electron chi connectivity index (χ3n) is 3.30. The van der Waals surface area contributed by atoms with Crippen molar-refractivity contribution < 1.29 is 14.3 Å². The molecule has 6 heteroatoms. The molecule has 0 saturated heterocycles. The van der Waals surface area contributed by atoms with Crippen molar-refractivity contribution in [3.63, 3.8) is 0 Å². The monoisotopic (exact) mass is 312 g/mol. The van der Waals surface area contributed by atoms with E-state index in [0.717, 1.165) is 28.3 Å². The first-order valence-electron chi connectivity index (χ1n) is 7.11. The van der Waals surface area contributed by atoms with Crippen LogP contribution in [0.3, 0.4) is 0 Å². The van der Waals surface area contributed by atoms with Crippen molar-refractivity contribution in [3.05, 3.63) is 28.3 Å². The number of carbonyl (C=O) groups is 1. The first-order chi connectivity index (χ1) is 10.2. The van der Waals surface area contributed by atoms with Crippen LogP contribution in [0.1, 0.15) is 17.5 Å². The summed E-state index contributed by atoms with van der Waals surface area (Å²) in [4.78, 5) is 11.5. The summed E-state index contributed by atoms with van der Waals surface area (Å²) in [6.45, 7) is 3.05. The van der Waals surface area contributed by atoms with Gasteiger partial charge >= 0.3 is 0 Å². The maximum Gasteiger partial charge on any atom is 0.221 e. The maximum atomic E-state index is 11.5. The smallest absolute Gasteiger partial charge is 0.221 e. The van der Waals surface area contributed by atoms with Gasteiger partial charge in [-0.3, -0.25) is 4.79 Å². The van der Waals surface area contributed by atoms with Gasteiger partial charge in [0.15, 0.2) is 0 Å². The molecule has 0 atom stereocenters. The number of carbonyl (C=O) groups excluding carboxylic acids is 1. The lowest BCUT2D eigenvalue weighted by atomic mass is 10.1. The van der Waals surface area contributed by atoms with Crippen LogP contribution in [0.5, 0.6) is 5.75 Å². The quantitative estimate of drug-likeness (QED) is 0.715. The van der Waals surface area contributed by atoms with E-state index >= 15 is 0 Å². The number of rotatable bonds is 8. The van der Waals surface area contributed by atoms with Crippen molar-refractivity contribution >= 4 is 17.5 Å². The van der Waals surface area contributed by atoms with Crippen molar-refractivity contribution in [1.29, 1.82) is 0 Å². The van der Waals surface area contributed by atoms with Gasteiger partial charge in [-0.05, 0) is 17.7 Å². The summed E-state index contributed by atoms with van der Waals surface area (Å²) in [6, 6.07) is 3.87. The highest BCUT2D eigenvalue weighted by Gasteiger charge is 2.17. The van der Waals surface area contributed by atoms with Crippen LogP contribution in [-0.2, 0) is 22.5 Å². The van der Waals surface area contributed by atoms with Crippen LogP contribution in [0.15, 0.2) is 12.1 Å². The molecule has 0 fully saturated rings. The molecule has 21 heavy (non-hydrogen) atoms. The van der Waals surface area contributed by atoms with E-state index in [1.807, 2.05) is 12.1 Å². The molecule has 0 spiro atoms. The van der Waals surface area contributed by atoms with Gasteiger partial charge in [-0.15, -0.1) is 0 Å². The molecular weight excluding hydrogens is 292 g/mol. The minimum absolute atomic E-state index is 0.0205. The second-order valence-electron chi connectivity index (χ2n) is 4.92. The predicted molar refractivity (Wildman–Crippen MR) is 81.9 cm³/mol. The van der Waals surface area contributed by atoms with Gasteiger partial charge in [-0.2, -0.15) is 0 Å². The number of fused-ring (bicyclic) bond motifs is 1. The van der Waals surface area contributed by atoms with E-state index in [2.05, 4.69) is 10.6 Å². The summed E-state index contributed by atoms with van der Waals surface area (Å²) in [7, 11) is 1.61. The predicted octanol–water partition coefficient (Wildman–Crippen LogP) is 1.52. The highest BCUT2D eigenvalue weighted by atomic mass is 35.5. The van der Waals surface area contributed by atoms with Crippen molar-refractivity contribution in [1.82, 2.24) is 10.6 Å². The fraction of sp³-hybridized carbons (Fsp3) is 0.533. The summed E-state index contributed by atoms with van der Waals surface area (Å²) in [5.74, 6) is 0.962. The second-order valence-corrected chi connectivity index (χ2v) is 5.36. The largest absolute Gasteiger partial charge is 0.493 e. The molecule has 116 valence electrons. The highest BCUT2D eigenvalue weighted by molar-refractivity contribution is 6.30. The standard InChI is InChI=1S/C15H21ClN2O3/c1-20-7-5-18-14(19)2-4-17-10-12-9-13(16)8-11-3-6-21-15(11)12/h8-9,17H,2-7,10H2,1H3,(H,18,19). The molecule has 1 aromatic rings. The molecule has 1 aromatic carbocycles. The molecule has 0 radical (unpaired) electrons. The SMILES string of the molecule is COCCNC(=O)CCNCc1cc(Cl)cc2c1OCC2. The fourth-order valence-corrected chi connectivity index (χ4v) is 2.55. The van der Waals surface area contributed by atoms with E-state index in [-0.39, 0.29) is 5.91 Å². The van der Waals surface area contributed by atoms with E-state index in [9.17, 15) is 4.79 Å². The zero-order valence-electron chi connectivity index (χ0n) is 12.2. The van der Waals surface area contributed by atoms with E-state index in [1.165, 1.54) is 0 Å². The summed E-state index contributed by atoms with van der Waals surface area (Å²) >= 11 is 6.10. The second kappa shape index (κ2) is 8.22. The minimum atomic E-state index is 0.0205. The number of amides is 1. The molecule has 0 aromatic heterocycles. The molecule has 0 unspecified atom stereocenters. The number of hydrogen-bond acceptors (Lipinski definition) is 4. The zero-order chi connectivity index (χ0) is 15.1. The normalized spacial score (nSPS) is 12.9. The summed E-state index contributed by atoms with van der Waals surface area (Å²) < 4.78 is 10.5. The molecule has 1 aliphatic rings. The van der Waals surface area contributed by atoms with Crippen LogP contribution in [0, 0.1) is 0 Å². The molecule has 5 nitrogen and oxygen atoms in total. The minimum Gasteiger partial charge on any atom is -0.493 e. The number of methoxy groups -OCH3 is 1. The summed E-state index contributed by atoms with van der Waals surface area (Å²) in [6.07, 6.45) is 1.35. The van der Waals surface area contributed by atoms with Gasteiger partial charge in [-0.25, -0.2) is 0 Å². The number of hydrogen-bond donors (Lipinski definition) is 2. The van der Waals surface area contributed by atoms with Crippen molar-refractivity contribution in [2.75, 3.05) is 33.4 Å². The molecule has 0 bridgehead atoms. The van der Waals surface area contributed by atoms with Crippen LogP contribution in [0.25, 0.3) is 0 Å². The van der Waals surface area contributed by atoms with E-state index < -0.39 is 0 Å². The first-order valence-corrected chi connectivity index (χ1v) is 7.49. The lowest BCUT2D eigenvalue weighted by molar-refractivity contribution is -0.121. The van der Waals surface area contributed by atoms with Crippen LogP contribution in [-0.4, -0.2) is 39.3 Å². The Morgan fingerprint density at radius 2 is 2.29 bits per heavy atom. The van der Waals surface area contributed by atoms with Gasteiger partial charge in [-0.1, -0.05) is 11.6 Å². The Morgan fingerprint density at radius 1 is 1.43 bits per heavy atom. The van der Waals surface area contributed by atoms with E-state index in [1.54, 1.807) is 7.11 Å². The molecule has 1 heterocycles. The van der Waals surface area contributed by atoms with Crippen LogP contribution in [0.4, 0.5) is 0 Å². The molecule has 1 amide bonds. The first kappa shape index (κ1) is 16.1. The Bertz CT molecular complexity index is 494. The van der Waals surface area contributed by atoms with Crippen molar-refractivity contribution in [2.24, 2.45) is 0 Å². The summed E-state index contributed by atoms with van der Waals surface area (Å²) in [5.41, 5.74) is 2.21. The lowest BCUT2D eigenvalue weighted by Gasteiger charge is -2.10. The highest BCUT2D eigenvalue weighted by Crippen LogP contribution is 2.32. The van der Waals surface area contributed by atoms with Crippen LogP contribution >= 0.6 is 11.6 Å². The van der Waals surface area contributed by atoms with Gasteiger partial charge in [0.25, 0.3) is 0 Å². The van der Waals surface area contributed by atoms with E-state index in [4.69, 9.17) is 21.1 Å². The Hall–Kier alpha value is -1.30. The van der Waals surface area contributed by atoms with Gasteiger partial charge in [0, 0.05) is 50.2 Å². The number of halogens is 1. The Labute approximate surface area is 130 Å². The Morgan fingerprint density at radius 3 is 3.10 bits per heavy atom. The topological polar surface area (TPSA) is 59.6 Å². The van der Waals surface area contributed by atoms with Gasteiger partial charge in [0.05, 0.1) is 13.2 Å². The number of nitrogens with one attached hydrogen (secondary N) is 2. The maximum absolute atomic E-state index is 11.5. The number of benzene rings is 1. The zero-order valence-corrected chi connectivity index (χ0v) is 13.0. The number of ether oxygens (including phenoxy) is 2. The average Bonchev–Trinajstić information content (AvgIpc) is 2.91. The van der Waals surface area contributed by atoms with Crippen LogP contribution < -0.4 is 15.4 Å². The van der Waals surface area contributed by atoms with Crippen LogP contribution in [0.2, 0.25) is 5.02 Å². The molecule has 1 aliphatic heterocycles. The van der Waals surface area contributed by atoms with E-state index in [0.29, 0.717) is 39.3 Å². The van der Waals surface area contributed by atoms with Gasteiger partial charge < -0.3 is 20.1 Å². The molecule has 2 rings (SSSR count). The Kier molecular flexibility index (Phi) is 6.29. The average molecular weight is 313 g/mol. The van der Waals surface area contributed by atoms with Gasteiger partial charge in [0.1, 0.15) is 5.75 Å². The lowest BCUT2D eigenvalue weighted by Crippen LogP contribution is -2.30. The molecule has 0 saturated carbocycles. The Balaban J connectivity index is 1.73. The molecule has 0 aliphatic carbocycles.